The molecule has 4 rings (SSSR count). The number of carbonyl (C=O) groups is 1. The van der Waals surface area contributed by atoms with Gasteiger partial charge in [-0.2, -0.15) is 10.2 Å². The maximum absolute atomic E-state index is 12.9. The minimum absolute atomic E-state index is 0.0343. The van der Waals surface area contributed by atoms with Crippen molar-refractivity contribution in [1.29, 1.82) is 0 Å². The van der Waals surface area contributed by atoms with Crippen LogP contribution in [0.25, 0.3) is 0 Å². The van der Waals surface area contributed by atoms with Crippen molar-refractivity contribution in [2.24, 2.45) is 20.0 Å². The maximum Gasteiger partial charge on any atom is 0.225 e. The molecule has 4 heterocycles. The summed E-state index contributed by atoms with van der Waals surface area (Å²) in [5.74, 6) is 0.316. The average Bonchev–Trinajstić information content (AvgIpc) is 3.35. The topological polar surface area (TPSA) is 80.0 Å². The van der Waals surface area contributed by atoms with Crippen LogP contribution in [0.3, 0.4) is 0 Å². The van der Waals surface area contributed by atoms with Crippen molar-refractivity contribution in [3.05, 3.63) is 30.4 Å². The number of carbonyl (C=O) groups excluding carboxylic acids is 1. The summed E-state index contributed by atoms with van der Waals surface area (Å²) in [6.07, 6.45) is 9.92. The lowest BCUT2D eigenvalue weighted by Crippen LogP contribution is -2.50. The second-order valence-electron chi connectivity index (χ2n) is 7.48. The first-order valence-corrected chi connectivity index (χ1v) is 9.33. The van der Waals surface area contributed by atoms with Crippen LogP contribution in [0, 0.1) is 5.92 Å². The Morgan fingerprint density at radius 3 is 2.73 bits per heavy atom. The Hall–Kier alpha value is -2.35. The lowest BCUT2D eigenvalue weighted by atomic mass is 9.89. The molecule has 0 spiro atoms. The SMILES string of the molecule is Cn1cc([C@H]2CNC[C@@H]2C(=O)NC2CCCN(c3cnn(C)c3)C2)cn1. The summed E-state index contributed by atoms with van der Waals surface area (Å²) in [7, 11) is 3.84. The van der Waals surface area contributed by atoms with Crippen LogP contribution >= 0.6 is 0 Å². The van der Waals surface area contributed by atoms with E-state index >= 15 is 0 Å². The lowest BCUT2D eigenvalue weighted by Gasteiger charge is -2.34. The molecule has 2 aromatic rings. The van der Waals surface area contributed by atoms with Crippen LogP contribution in [0.5, 0.6) is 0 Å². The highest BCUT2D eigenvalue weighted by Gasteiger charge is 2.36. The van der Waals surface area contributed by atoms with Crippen molar-refractivity contribution in [3.8, 4) is 0 Å². The zero-order valence-electron chi connectivity index (χ0n) is 15.4. The molecule has 0 saturated carbocycles. The van der Waals surface area contributed by atoms with Gasteiger partial charge in [0, 0.05) is 64.6 Å². The third-order valence-electron chi connectivity index (χ3n) is 5.53. The van der Waals surface area contributed by atoms with Crippen LogP contribution < -0.4 is 15.5 Å². The predicted octanol–water partition coefficient (Wildman–Crippen LogP) is 0.242. The molecule has 0 aliphatic carbocycles. The number of aryl methyl sites for hydroxylation is 2. The normalized spacial score (nSPS) is 26.2. The van der Waals surface area contributed by atoms with Gasteiger partial charge < -0.3 is 15.5 Å². The van der Waals surface area contributed by atoms with Gasteiger partial charge in [0.1, 0.15) is 0 Å². The molecular formula is C18H27N7O. The highest BCUT2D eigenvalue weighted by atomic mass is 16.2. The van der Waals surface area contributed by atoms with Crippen molar-refractivity contribution >= 4 is 11.6 Å². The fourth-order valence-corrected chi connectivity index (χ4v) is 4.15. The highest BCUT2D eigenvalue weighted by molar-refractivity contribution is 5.81. The van der Waals surface area contributed by atoms with Gasteiger partial charge in [-0.05, 0) is 18.4 Å². The summed E-state index contributed by atoms with van der Waals surface area (Å²) in [5, 5.41) is 15.2. The number of rotatable bonds is 4. The number of hydrogen-bond donors (Lipinski definition) is 2. The molecule has 8 nitrogen and oxygen atoms in total. The summed E-state index contributed by atoms with van der Waals surface area (Å²) < 4.78 is 3.62. The monoisotopic (exact) mass is 357 g/mol. The Balaban J connectivity index is 1.39. The van der Waals surface area contributed by atoms with Crippen molar-refractivity contribution in [2.45, 2.75) is 24.8 Å². The average molecular weight is 357 g/mol. The summed E-state index contributed by atoms with van der Waals surface area (Å²) in [4.78, 5) is 15.3. The molecule has 140 valence electrons. The Labute approximate surface area is 153 Å². The number of piperidine rings is 1. The summed E-state index contributed by atoms with van der Waals surface area (Å²) in [6.45, 7) is 3.41. The molecule has 2 aromatic heterocycles. The number of anilines is 1. The van der Waals surface area contributed by atoms with Crippen LogP contribution in [0.4, 0.5) is 5.69 Å². The quantitative estimate of drug-likeness (QED) is 0.820. The Bertz CT molecular complexity index is 767. The first-order chi connectivity index (χ1) is 12.6. The number of aromatic nitrogens is 4. The van der Waals surface area contributed by atoms with Crippen molar-refractivity contribution in [1.82, 2.24) is 30.2 Å². The molecule has 0 aromatic carbocycles. The maximum atomic E-state index is 12.9. The fourth-order valence-electron chi connectivity index (χ4n) is 4.15. The van der Waals surface area contributed by atoms with E-state index in [1.54, 1.807) is 4.68 Å². The molecule has 1 unspecified atom stereocenters. The van der Waals surface area contributed by atoms with Gasteiger partial charge in [0.15, 0.2) is 0 Å². The van der Waals surface area contributed by atoms with E-state index in [0.29, 0.717) is 0 Å². The minimum atomic E-state index is -0.0343. The van der Waals surface area contributed by atoms with E-state index in [2.05, 4.69) is 25.7 Å². The van der Waals surface area contributed by atoms with E-state index in [1.807, 2.05) is 43.6 Å². The van der Waals surface area contributed by atoms with Gasteiger partial charge in [0.05, 0.1) is 24.0 Å². The Morgan fingerprint density at radius 1 is 1.19 bits per heavy atom. The first kappa shape index (κ1) is 17.1. The number of amides is 1. The van der Waals surface area contributed by atoms with E-state index in [9.17, 15) is 4.79 Å². The fraction of sp³-hybridized carbons (Fsp3) is 0.611. The van der Waals surface area contributed by atoms with Gasteiger partial charge in [0.2, 0.25) is 5.91 Å². The summed E-state index contributed by atoms with van der Waals surface area (Å²) in [6, 6.07) is 0.187. The zero-order valence-corrected chi connectivity index (χ0v) is 15.4. The zero-order chi connectivity index (χ0) is 18.1. The largest absolute Gasteiger partial charge is 0.367 e. The lowest BCUT2D eigenvalue weighted by molar-refractivity contribution is -0.125. The number of nitrogens with zero attached hydrogens (tertiary/aromatic N) is 5. The molecule has 0 bridgehead atoms. The van der Waals surface area contributed by atoms with E-state index in [0.717, 1.165) is 50.3 Å². The van der Waals surface area contributed by atoms with Crippen LogP contribution in [-0.4, -0.2) is 57.7 Å². The van der Waals surface area contributed by atoms with E-state index in [1.165, 1.54) is 0 Å². The van der Waals surface area contributed by atoms with Crippen molar-refractivity contribution < 1.29 is 4.79 Å². The third-order valence-corrected chi connectivity index (χ3v) is 5.53. The molecule has 2 N–H and O–H groups in total. The smallest absolute Gasteiger partial charge is 0.225 e. The van der Waals surface area contributed by atoms with E-state index in [-0.39, 0.29) is 23.8 Å². The van der Waals surface area contributed by atoms with Crippen LogP contribution in [-0.2, 0) is 18.9 Å². The van der Waals surface area contributed by atoms with Crippen molar-refractivity contribution in [2.75, 3.05) is 31.1 Å². The summed E-state index contributed by atoms with van der Waals surface area (Å²) in [5.41, 5.74) is 2.26. The van der Waals surface area contributed by atoms with E-state index < -0.39 is 0 Å². The molecule has 2 saturated heterocycles. The second-order valence-corrected chi connectivity index (χ2v) is 7.48. The van der Waals surface area contributed by atoms with Crippen LogP contribution in [0.1, 0.15) is 24.3 Å². The molecule has 2 fully saturated rings. The molecule has 1 amide bonds. The van der Waals surface area contributed by atoms with Gasteiger partial charge >= 0.3 is 0 Å². The molecule has 2 aliphatic heterocycles. The second kappa shape index (κ2) is 7.11. The molecule has 2 aliphatic rings. The summed E-state index contributed by atoms with van der Waals surface area (Å²) >= 11 is 0. The van der Waals surface area contributed by atoms with Gasteiger partial charge in [-0.15, -0.1) is 0 Å². The highest BCUT2D eigenvalue weighted by Crippen LogP contribution is 2.28. The first-order valence-electron chi connectivity index (χ1n) is 9.33. The van der Waals surface area contributed by atoms with Crippen LogP contribution in [0.2, 0.25) is 0 Å². The molecule has 0 radical (unpaired) electrons. The molecule has 26 heavy (non-hydrogen) atoms. The standard InChI is InChI=1S/C18H27N7O/c1-23-10-13(6-20-23)16-8-19-9-17(16)18(26)22-14-4-3-5-25(11-14)15-7-21-24(2)12-15/h6-7,10,12,14,16-17,19H,3-5,8-9,11H2,1-2H3,(H,22,26)/t14?,16-,17+/m1/s1. The van der Waals surface area contributed by atoms with Crippen molar-refractivity contribution in [3.63, 3.8) is 0 Å². The third kappa shape index (κ3) is 3.46. The number of hydrogen-bond acceptors (Lipinski definition) is 5. The van der Waals surface area contributed by atoms with Crippen LogP contribution in [0.15, 0.2) is 24.8 Å². The molecule has 8 heteroatoms. The molecular weight excluding hydrogens is 330 g/mol. The van der Waals surface area contributed by atoms with Gasteiger partial charge in [-0.3, -0.25) is 14.2 Å². The van der Waals surface area contributed by atoms with Gasteiger partial charge in [-0.1, -0.05) is 0 Å². The predicted molar refractivity (Wildman–Crippen MR) is 98.9 cm³/mol. The number of nitrogens with one attached hydrogen (secondary N) is 2. The molecule has 3 atom stereocenters. The van der Waals surface area contributed by atoms with Gasteiger partial charge in [0.25, 0.3) is 0 Å². The van der Waals surface area contributed by atoms with Gasteiger partial charge in [-0.25, -0.2) is 0 Å². The Kier molecular flexibility index (Phi) is 4.67. The minimum Gasteiger partial charge on any atom is -0.367 e. The Morgan fingerprint density at radius 2 is 2.00 bits per heavy atom. The van der Waals surface area contributed by atoms with E-state index in [4.69, 9.17) is 0 Å².